The summed E-state index contributed by atoms with van der Waals surface area (Å²) < 4.78 is 0. The first-order valence-electron chi connectivity index (χ1n) is 11.3. The molecule has 0 heterocycles. The van der Waals surface area contributed by atoms with Crippen molar-refractivity contribution in [2.24, 2.45) is 5.92 Å². The zero-order valence-electron chi connectivity index (χ0n) is 17.2. The van der Waals surface area contributed by atoms with Crippen LogP contribution in [-0.2, 0) is 6.42 Å². The minimum Gasteiger partial charge on any atom is -0.396 e. The van der Waals surface area contributed by atoms with Gasteiger partial charge in [0.15, 0.2) is 0 Å². The summed E-state index contributed by atoms with van der Waals surface area (Å²) in [6.45, 7) is 0.154. The summed E-state index contributed by atoms with van der Waals surface area (Å²) in [6.07, 6.45) is 9.70. The molecule has 2 aliphatic rings. The van der Waals surface area contributed by atoms with E-state index in [2.05, 4.69) is 36.4 Å². The van der Waals surface area contributed by atoms with Gasteiger partial charge in [0, 0.05) is 11.6 Å². The molecule has 2 aromatic rings. The maximum absolute atomic E-state index is 10.2. The average Bonchev–Trinajstić information content (AvgIpc) is 2.76. The third kappa shape index (κ3) is 5.23. The van der Waals surface area contributed by atoms with Gasteiger partial charge in [-0.3, -0.25) is 0 Å². The largest absolute Gasteiger partial charge is 0.396 e. The molecule has 3 atom stereocenters. The summed E-state index contributed by atoms with van der Waals surface area (Å²) in [5, 5.41) is 20.6. The van der Waals surface area contributed by atoms with Crippen molar-refractivity contribution in [2.75, 3.05) is 6.61 Å². The van der Waals surface area contributed by atoms with Crippen LogP contribution in [-0.4, -0.2) is 22.9 Å². The van der Waals surface area contributed by atoms with Gasteiger partial charge < -0.3 is 10.2 Å². The van der Waals surface area contributed by atoms with Crippen molar-refractivity contribution in [3.05, 3.63) is 69.7 Å². The highest BCUT2D eigenvalue weighted by molar-refractivity contribution is 6.31. The third-order valence-corrected chi connectivity index (χ3v) is 7.40. The highest BCUT2D eigenvalue weighted by Gasteiger charge is 2.28. The summed E-state index contributed by atoms with van der Waals surface area (Å²) in [4.78, 5) is 0. The van der Waals surface area contributed by atoms with Gasteiger partial charge in [0.1, 0.15) is 0 Å². The van der Waals surface area contributed by atoms with E-state index in [1.807, 2.05) is 6.07 Å². The van der Waals surface area contributed by atoms with Crippen LogP contribution in [0.25, 0.3) is 0 Å². The van der Waals surface area contributed by atoms with Crippen molar-refractivity contribution < 1.29 is 10.2 Å². The van der Waals surface area contributed by atoms with Crippen LogP contribution < -0.4 is 0 Å². The number of aliphatic hydroxyl groups excluding tert-OH is 2. The minimum absolute atomic E-state index is 0.154. The zero-order chi connectivity index (χ0) is 20.2. The topological polar surface area (TPSA) is 40.5 Å². The van der Waals surface area contributed by atoms with Gasteiger partial charge in [-0.2, -0.15) is 0 Å². The van der Waals surface area contributed by atoms with Crippen LogP contribution in [0.1, 0.15) is 85.5 Å². The molecule has 0 aromatic heterocycles. The normalized spacial score (nSPS) is 25.8. The molecule has 0 saturated heterocycles. The summed E-state index contributed by atoms with van der Waals surface area (Å²) >= 11 is 6.53. The van der Waals surface area contributed by atoms with Gasteiger partial charge in [0.05, 0.1) is 6.10 Å². The predicted molar refractivity (Wildman–Crippen MR) is 120 cm³/mol. The van der Waals surface area contributed by atoms with Gasteiger partial charge >= 0.3 is 0 Å². The third-order valence-electron chi connectivity index (χ3n) is 7.03. The highest BCUT2D eigenvalue weighted by atomic mass is 35.5. The van der Waals surface area contributed by atoms with E-state index in [0.717, 1.165) is 35.8 Å². The number of rotatable bonds is 5. The SMILES string of the molecule is OCC1CC(O)CC(c2ccc(Cl)c(Cc3ccc(C4CCCCC4)cc3)c2)C1. The summed E-state index contributed by atoms with van der Waals surface area (Å²) in [7, 11) is 0. The quantitative estimate of drug-likeness (QED) is 0.612. The van der Waals surface area contributed by atoms with Crippen LogP contribution >= 0.6 is 11.6 Å². The molecule has 4 rings (SSSR count). The lowest BCUT2D eigenvalue weighted by Crippen LogP contribution is -2.27. The van der Waals surface area contributed by atoms with Gasteiger partial charge in [0.25, 0.3) is 0 Å². The van der Waals surface area contributed by atoms with Gasteiger partial charge in [0.2, 0.25) is 0 Å². The molecule has 2 saturated carbocycles. The summed E-state index contributed by atoms with van der Waals surface area (Å²) in [6, 6.07) is 15.5. The second-order valence-electron chi connectivity index (χ2n) is 9.21. The Morgan fingerprint density at radius 2 is 1.55 bits per heavy atom. The van der Waals surface area contributed by atoms with Crippen LogP contribution in [0.3, 0.4) is 0 Å². The lowest BCUT2D eigenvalue weighted by Gasteiger charge is -2.32. The van der Waals surface area contributed by atoms with Crippen LogP contribution in [0.2, 0.25) is 5.02 Å². The van der Waals surface area contributed by atoms with E-state index in [9.17, 15) is 10.2 Å². The Hall–Kier alpha value is -1.35. The molecule has 0 radical (unpaired) electrons. The lowest BCUT2D eigenvalue weighted by atomic mass is 9.76. The molecule has 2 N–H and O–H groups in total. The molecular weight excluding hydrogens is 380 g/mol. The summed E-state index contributed by atoms with van der Waals surface area (Å²) in [5.41, 5.74) is 5.16. The van der Waals surface area contributed by atoms with Crippen molar-refractivity contribution in [2.45, 2.75) is 75.7 Å². The molecule has 0 bridgehead atoms. The second-order valence-corrected chi connectivity index (χ2v) is 9.62. The minimum atomic E-state index is -0.322. The number of hydrogen-bond donors (Lipinski definition) is 2. The molecule has 0 spiro atoms. The fraction of sp³-hybridized carbons (Fsp3) is 0.538. The molecule has 2 fully saturated rings. The predicted octanol–water partition coefficient (Wildman–Crippen LogP) is 6.22. The van der Waals surface area contributed by atoms with Gasteiger partial charge in [-0.1, -0.05) is 67.3 Å². The van der Waals surface area contributed by atoms with E-state index < -0.39 is 0 Å². The molecule has 0 amide bonds. The maximum atomic E-state index is 10.2. The van der Waals surface area contributed by atoms with E-state index in [-0.39, 0.29) is 18.6 Å². The number of aliphatic hydroxyl groups is 2. The fourth-order valence-electron chi connectivity index (χ4n) is 5.37. The molecule has 2 aromatic carbocycles. The Morgan fingerprint density at radius 1 is 0.828 bits per heavy atom. The average molecular weight is 413 g/mol. The Bertz CT molecular complexity index is 795. The molecule has 2 aliphatic carbocycles. The van der Waals surface area contributed by atoms with Crippen molar-refractivity contribution in [1.82, 2.24) is 0 Å². The molecule has 0 aliphatic heterocycles. The van der Waals surface area contributed by atoms with Crippen molar-refractivity contribution >= 4 is 11.6 Å². The first-order valence-corrected chi connectivity index (χ1v) is 11.7. The van der Waals surface area contributed by atoms with Crippen LogP contribution in [0.4, 0.5) is 0 Å². The van der Waals surface area contributed by atoms with Crippen LogP contribution in [0, 0.1) is 5.92 Å². The lowest BCUT2D eigenvalue weighted by molar-refractivity contribution is 0.0650. The molecule has 2 nitrogen and oxygen atoms in total. The Morgan fingerprint density at radius 3 is 2.28 bits per heavy atom. The zero-order valence-corrected chi connectivity index (χ0v) is 18.0. The molecule has 156 valence electrons. The Kier molecular flexibility index (Phi) is 6.95. The maximum Gasteiger partial charge on any atom is 0.0549 e. The van der Waals surface area contributed by atoms with Crippen LogP contribution in [0.15, 0.2) is 42.5 Å². The number of halogens is 1. The van der Waals surface area contributed by atoms with Gasteiger partial charge in [-0.25, -0.2) is 0 Å². The Labute approximate surface area is 179 Å². The first kappa shape index (κ1) is 20.9. The number of benzene rings is 2. The fourth-order valence-corrected chi connectivity index (χ4v) is 5.56. The van der Waals surface area contributed by atoms with E-state index in [1.54, 1.807) is 0 Å². The van der Waals surface area contributed by atoms with Crippen molar-refractivity contribution in [1.29, 1.82) is 0 Å². The van der Waals surface area contributed by atoms with Gasteiger partial charge in [-0.05, 0) is 84.6 Å². The van der Waals surface area contributed by atoms with Crippen molar-refractivity contribution in [3.63, 3.8) is 0 Å². The van der Waals surface area contributed by atoms with Crippen molar-refractivity contribution in [3.8, 4) is 0 Å². The number of hydrogen-bond acceptors (Lipinski definition) is 2. The van der Waals surface area contributed by atoms with E-state index in [0.29, 0.717) is 12.3 Å². The molecule has 3 unspecified atom stereocenters. The second kappa shape index (κ2) is 9.64. The Balaban J connectivity index is 1.48. The monoisotopic (exact) mass is 412 g/mol. The van der Waals surface area contributed by atoms with E-state index >= 15 is 0 Å². The first-order chi connectivity index (χ1) is 14.1. The summed E-state index contributed by atoms with van der Waals surface area (Å²) in [5.74, 6) is 1.22. The molecule has 29 heavy (non-hydrogen) atoms. The highest BCUT2D eigenvalue weighted by Crippen LogP contribution is 2.38. The standard InChI is InChI=1S/C26H33ClO2/c27-26-11-10-22(23-13-19(17-28)14-25(29)16-23)15-24(26)12-18-6-8-21(9-7-18)20-4-2-1-3-5-20/h6-11,15,19-20,23,25,28-29H,1-5,12-14,16-17H2. The van der Waals surface area contributed by atoms with Gasteiger partial charge in [-0.15, -0.1) is 0 Å². The van der Waals surface area contributed by atoms with Crippen LogP contribution in [0.5, 0.6) is 0 Å². The van der Waals surface area contributed by atoms with E-state index in [4.69, 9.17) is 11.6 Å². The smallest absolute Gasteiger partial charge is 0.0549 e. The molecular formula is C26H33ClO2. The van der Waals surface area contributed by atoms with E-state index in [1.165, 1.54) is 48.8 Å². The molecule has 3 heteroatoms.